The van der Waals surface area contributed by atoms with Crippen LogP contribution >= 0.6 is 23.8 Å². The van der Waals surface area contributed by atoms with Gasteiger partial charge in [-0.05, 0) is 37.0 Å². The van der Waals surface area contributed by atoms with Gasteiger partial charge in [0.2, 0.25) is 0 Å². The van der Waals surface area contributed by atoms with Crippen molar-refractivity contribution in [2.75, 3.05) is 17.8 Å². The number of piperidine rings is 1. The van der Waals surface area contributed by atoms with E-state index in [1.807, 2.05) is 0 Å². The van der Waals surface area contributed by atoms with Gasteiger partial charge in [0.25, 0.3) is 0 Å². The molecule has 3 N–H and O–H groups in total. The van der Waals surface area contributed by atoms with E-state index >= 15 is 0 Å². The maximum absolute atomic E-state index is 12.3. The van der Waals surface area contributed by atoms with Crippen LogP contribution in [-0.4, -0.2) is 30.8 Å². The van der Waals surface area contributed by atoms with Crippen molar-refractivity contribution in [2.45, 2.75) is 19.8 Å². The first-order valence-electron chi connectivity index (χ1n) is 6.67. The van der Waals surface area contributed by atoms with Crippen molar-refractivity contribution in [3.05, 3.63) is 28.8 Å². The first-order valence-corrected chi connectivity index (χ1v) is 8.89. The molecule has 5 nitrogen and oxygen atoms in total. The van der Waals surface area contributed by atoms with Crippen LogP contribution in [0.25, 0.3) is 0 Å². The van der Waals surface area contributed by atoms with Gasteiger partial charge < -0.3 is 5.73 Å². The quantitative estimate of drug-likeness (QED) is 0.820. The molecule has 0 radical (unpaired) electrons. The van der Waals surface area contributed by atoms with Crippen LogP contribution in [0.1, 0.15) is 25.3 Å². The Labute approximate surface area is 135 Å². The van der Waals surface area contributed by atoms with E-state index in [-0.39, 0.29) is 10.0 Å². The van der Waals surface area contributed by atoms with Gasteiger partial charge in [0.05, 0.1) is 10.7 Å². The number of anilines is 1. The van der Waals surface area contributed by atoms with Crippen LogP contribution in [0.3, 0.4) is 0 Å². The highest BCUT2D eigenvalue weighted by atomic mass is 35.5. The summed E-state index contributed by atoms with van der Waals surface area (Å²) in [5, 5.41) is 0.272. The van der Waals surface area contributed by atoms with Gasteiger partial charge in [0.15, 0.2) is 0 Å². The number of hydrogen-bond acceptors (Lipinski definition) is 3. The largest absolute Gasteiger partial charge is 0.389 e. The number of halogens is 1. The van der Waals surface area contributed by atoms with Crippen LogP contribution < -0.4 is 10.5 Å². The molecule has 1 heterocycles. The summed E-state index contributed by atoms with van der Waals surface area (Å²) in [4.78, 5) is 0.219. The predicted molar refractivity (Wildman–Crippen MR) is 89.9 cm³/mol. The fraction of sp³-hybridized carbons (Fsp3) is 0.462. The van der Waals surface area contributed by atoms with Gasteiger partial charge in [0.1, 0.15) is 4.99 Å². The van der Waals surface area contributed by atoms with Crippen molar-refractivity contribution in [3.8, 4) is 0 Å². The molecule has 0 aromatic heterocycles. The monoisotopic (exact) mass is 347 g/mol. The van der Waals surface area contributed by atoms with E-state index in [0.29, 0.717) is 30.3 Å². The highest BCUT2D eigenvalue weighted by Gasteiger charge is 2.26. The van der Waals surface area contributed by atoms with Gasteiger partial charge in [-0.3, -0.25) is 4.72 Å². The van der Waals surface area contributed by atoms with Crippen molar-refractivity contribution >= 4 is 44.7 Å². The molecule has 1 aromatic rings. The van der Waals surface area contributed by atoms with E-state index in [1.165, 1.54) is 4.31 Å². The van der Waals surface area contributed by atoms with E-state index in [2.05, 4.69) is 11.6 Å². The molecule has 0 spiro atoms. The molecule has 0 atom stereocenters. The molecule has 2 rings (SSSR count). The highest BCUT2D eigenvalue weighted by molar-refractivity contribution is 7.90. The third-order valence-electron chi connectivity index (χ3n) is 3.58. The van der Waals surface area contributed by atoms with E-state index in [4.69, 9.17) is 29.6 Å². The van der Waals surface area contributed by atoms with Crippen LogP contribution in [0.15, 0.2) is 18.2 Å². The molecule has 1 aromatic carbocycles. The van der Waals surface area contributed by atoms with Gasteiger partial charge in [-0.1, -0.05) is 30.7 Å². The number of benzene rings is 1. The summed E-state index contributed by atoms with van der Waals surface area (Å²) in [6.07, 6.45) is 1.74. The molecular formula is C13H18ClN3O2S2. The minimum Gasteiger partial charge on any atom is -0.389 e. The Morgan fingerprint density at radius 2 is 2.05 bits per heavy atom. The van der Waals surface area contributed by atoms with Crippen LogP contribution in [0.4, 0.5) is 5.69 Å². The Hall–Kier alpha value is -0.890. The first kappa shape index (κ1) is 16.5. The zero-order valence-corrected chi connectivity index (χ0v) is 14.1. The lowest BCUT2D eigenvalue weighted by Crippen LogP contribution is -2.41. The fourth-order valence-electron chi connectivity index (χ4n) is 2.18. The summed E-state index contributed by atoms with van der Waals surface area (Å²) in [5.74, 6) is 0.560. The third kappa shape index (κ3) is 4.06. The number of rotatable bonds is 4. The van der Waals surface area contributed by atoms with Gasteiger partial charge in [0, 0.05) is 18.7 Å². The Morgan fingerprint density at radius 1 is 1.43 bits per heavy atom. The molecule has 0 unspecified atom stereocenters. The molecule has 0 bridgehead atoms. The van der Waals surface area contributed by atoms with Crippen molar-refractivity contribution < 1.29 is 8.42 Å². The maximum Gasteiger partial charge on any atom is 0.301 e. The smallest absolute Gasteiger partial charge is 0.301 e. The lowest BCUT2D eigenvalue weighted by Gasteiger charge is -2.29. The van der Waals surface area contributed by atoms with Crippen molar-refractivity contribution in [2.24, 2.45) is 11.7 Å². The van der Waals surface area contributed by atoms with Gasteiger partial charge in [-0.15, -0.1) is 0 Å². The molecule has 1 aliphatic heterocycles. The minimum atomic E-state index is -3.58. The number of hydrogen-bond donors (Lipinski definition) is 2. The Kier molecular flexibility index (Phi) is 5.08. The number of thiocarbonyl (C=S) groups is 1. The van der Waals surface area contributed by atoms with Gasteiger partial charge in [-0.2, -0.15) is 12.7 Å². The molecule has 0 saturated carbocycles. The van der Waals surface area contributed by atoms with Crippen LogP contribution in [-0.2, 0) is 10.2 Å². The second-order valence-corrected chi connectivity index (χ2v) is 7.77. The Balaban J connectivity index is 2.15. The standard InChI is InChI=1S/C13H18ClN3O2S2/c1-9-4-6-17(7-5-9)21(18,19)16-12-3-2-10(13(15)20)8-11(12)14/h2-3,8-9,16H,4-7H2,1H3,(H2,15,20). The molecule has 1 aliphatic rings. The summed E-state index contributed by atoms with van der Waals surface area (Å²) in [7, 11) is -3.58. The third-order valence-corrected chi connectivity index (χ3v) is 5.65. The van der Waals surface area contributed by atoms with Crippen LogP contribution in [0.2, 0.25) is 5.02 Å². The van der Waals surface area contributed by atoms with Gasteiger partial charge >= 0.3 is 10.2 Å². The van der Waals surface area contributed by atoms with E-state index in [0.717, 1.165) is 12.8 Å². The summed E-state index contributed by atoms with van der Waals surface area (Å²) >= 11 is 10.9. The van der Waals surface area contributed by atoms with E-state index in [1.54, 1.807) is 18.2 Å². The van der Waals surface area contributed by atoms with E-state index in [9.17, 15) is 8.42 Å². The van der Waals surface area contributed by atoms with Crippen molar-refractivity contribution in [3.63, 3.8) is 0 Å². The average Bonchev–Trinajstić information content (AvgIpc) is 2.41. The van der Waals surface area contributed by atoms with Crippen LogP contribution in [0, 0.1) is 5.92 Å². The first-order chi connectivity index (χ1) is 9.79. The van der Waals surface area contributed by atoms with Crippen LogP contribution in [0.5, 0.6) is 0 Å². The average molecular weight is 348 g/mol. The SMILES string of the molecule is CC1CCN(S(=O)(=O)Nc2ccc(C(N)=S)cc2Cl)CC1. The lowest BCUT2D eigenvalue weighted by atomic mass is 10.0. The zero-order chi connectivity index (χ0) is 15.6. The molecule has 1 saturated heterocycles. The number of nitrogens with two attached hydrogens (primary N) is 1. The maximum atomic E-state index is 12.3. The number of nitrogens with zero attached hydrogens (tertiary/aromatic N) is 1. The molecule has 0 amide bonds. The summed E-state index contributed by atoms with van der Waals surface area (Å²) in [5.41, 5.74) is 6.45. The zero-order valence-electron chi connectivity index (χ0n) is 11.7. The molecule has 8 heteroatoms. The summed E-state index contributed by atoms with van der Waals surface area (Å²) < 4.78 is 28.6. The highest BCUT2D eigenvalue weighted by Crippen LogP contribution is 2.26. The second-order valence-electron chi connectivity index (χ2n) is 5.25. The number of nitrogens with one attached hydrogen (secondary N) is 1. The molecular weight excluding hydrogens is 330 g/mol. The fourth-order valence-corrected chi connectivity index (χ4v) is 3.87. The predicted octanol–water partition coefficient (Wildman–Crippen LogP) is 2.36. The van der Waals surface area contributed by atoms with Crippen molar-refractivity contribution in [1.82, 2.24) is 4.31 Å². The Morgan fingerprint density at radius 3 is 2.57 bits per heavy atom. The lowest BCUT2D eigenvalue weighted by molar-refractivity contribution is 0.289. The molecule has 0 aliphatic carbocycles. The normalized spacial score (nSPS) is 17.6. The van der Waals surface area contributed by atoms with E-state index < -0.39 is 10.2 Å². The van der Waals surface area contributed by atoms with Crippen molar-refractivity contribution in [1.29, 1.82) is 0 Å². The second kappa shape index (κ2) is 6.48. The summed E-state index contributed by atoms with van der Waals surface area (Å²) in [6, 6.07) is 4.77. The molecule has 116 valence electrons. The van der Waals surface area contributed by atoms with Gasteiger partial charge in [-0.25, -0.2) is 0 Å². The summed E-state index contributed by atoms with van der Waals surface area (Å²) in [6.45, 7) is 3.18. The minimum absolute atomic E-state index is 0.219. The molecule has 1 fully saturated rings. The topological polar surface area (TPSA) is 75.4 Å². The molecule has 21 heavy (non-hydrogen) atoms. The Bertz CT molecular complexity index is 641.